The Bertz CT molecular complexity index is 810. The molecule has 1 aromatic carbocycles. The monoisotopic (exact) mass is 296 g/mol. The SMILES string of the molecule is CCc1c(C)nc2ccccc2c1N(C)Cc1noc(C)n1. The highest BCUT2D eigenvalue weighted by molar-refractivity contribution is 5.93. The minimum Gasteiger partial charge on any atom is -0.366 e. The maximum atomic E-state index is 5.07. The lowest BCUT2D eigenvalue weighted by molar-refractivity contribution is 0.387. The van der Waals surface area contributed by atoms with Crippen LogP contribution < -0.4 is 4.90 Å². The van der Waals surface area contributed by atoms with E-state index in [1.165, 1.54) is 11.3 Å². The molecule has 0 N–H and O–H groups in total. The number of rotatable bonds is 4. The molecule has 3 rings (SSSR count). The topological polar surface area (TPSA) is 55.1 Å². The highest BCUT2D eigenvalue weighted by atomic mass is 16.5. The Morgan fingerprint density at radius 1 is 1.14 bits per heavy atom. The summed E-state index contributed by atoms with van der Waals surface area (Å²) in [6.07, 6.45) is 0.939. The molecule has 0 radical (unpaired) electrons. The predicted octanol–water partition coefficient (Wildman–Crippen LogP) is 3.43. The number of aromatic nitrogens is 3. The van der Waals surface area contributed by atoms with E-state index in [-0.39, 0.29) is 0 Å². The van der Waals surface area contributed by atoms with E-state index in [4.69, 9.17) is 9.51 Å². The van der Waals surface area contributed by atoms with E-state index in [2.05, 4.69) is 54.1 Å². The van der Waals surface area contributed by atoms with Crippen molar-refractivity contribution in [1.82, 2.24) is 15.1 Å². The minimum absolute atomic E-state index is 0.592. The van der Waals surface area contributed by atoms with E-state index >= 15 is 0 Å². The molecule has 0 spiro atoms. The Hall–Kier alpha value is -2.43. The van der Waals surface area contributed by atoms with Gasteiger partial charge in [0, 0.05) is 25.1 Å². The van der Waals surface area contributed by atoms with Crippen LogP contribution >= 0.6 is 0 Å². The van der Waals surface area contributed by atoms with Crippen LogP contribution in [-0.2, 0) is 13.0 Å². The van der Waals surface area contributed by atoms with Crippen molar-refractivity contribution < 1.29 is 4.52 Å². The third-order valence-corrected chi connectivity index (χ3v) is 3.85. The van der Waals surface area contributed by atoms with Gasteiger partial charge in [-0.1, -0.05) is 30.3 Å². The molecule has 0 aliphatic heterocycles. The summed E-state index contributed by atoms with van der Waals surface area (Å²) in [5, 5.41) is 5.16. The van der Waals surface area contributed by atoms with Crippen molar-refractivity contribution >= 4 is 16.6 Å². The summed E-state index contributed by atoms with van der Waals surface area (Å²) in [4.78, 5) is 11.2. The molecule has 0 aliphatic carbocycles. The second-order valence-corrected chi connectivity index (χ2v) is 5.48. The molecule has 2 aromatic heterocycles. The first-order valence-corrected chi connectivity index (χ1v) is 7.48. The van der Waals surface area contributed by atoms with E-state index in [1.54, 1.807) is 6.92 Å². The number of nitrogens with zero attached hydrogens (tertiary/aromatic N) is 4. The highest BCUT2D eigenvalue weighted by Crippen LogP contribution is 2.32. The van der Waals surface area contributed by atoms with Gasteiger partial charge in [-0.15, -0.1) is 0 Å². The molecule has 0 atom stereocenters. The van der Waals surface area contributed by atoms with Gasteiger partial charge in [-0.3, -0.25) is 4.98 Å². The summed E-state index contributed by atoms with van der Waals surface area (Å²) >= 11 is 0. The summed E-state index contributed by atoms with van der Waals surface area (Å²) < 4.78 is 5.07. The van der Waals surface area contributed by atoms with Gasteiger partial charge in [-0.05, 0) is 25.0 Å². The van der Waals surface area contributed by atoms with Crippen molar-refractivity contribution in [3.63, 3.8) is 0 Å². The summed E-state index contributed by atoms with van der Waals surface area (Å²) in [5.41, 5.74) is 4.56. The van der Waals surface area contributed by atoms with E-state index < -0.39 is 0 Å². The van der Waals surface area contributed by atoms with E-state index in [9.17, 15) is 0 Å². The van der Waals surface area contributed by atoms with Gasteiger partial charge in [0.25, 0.3) is 0 Å². The number of fused-ring (bicyclic) bond motifs is 1. The first-order chi connectivity index (χ1) is 10.6. The van der Waals surface area contributed by atoms with Gasteiger partial charge in [0.1, 0.15) is 0 Å². The molecule has 0 saturated heterocycles. The standard InChI is InChI=1S/C17H20N4O/c1-5-13-11(2)18-15-9-7-6-8-14(15)17(13)21(4)10-16-19-12(3)22-20-16/h6-9H,5,10H2,1-4H3. The normalized spacial score (nSPS) is 11.1. The van der Waals surface area contributed by atoms with E-state index in [0.717, 1.165) is 23.0 Å². The van der Waals surface area contributed by atoms with Crippen LogP contribution in [0.2, 0.25) is 0 Å². The van der Waals surface area contributed by atoms with Crippen molar-refractivity contribution in [3.05, 3.63) is 47.2 Å². The molecule has 0 unspecified atom stereocenters. The predicted molar refractivity (Wildman–Crippen MR) is 87.0 cm³/mol. The van der Waals surface area contributed by atoms with Gasteiger partial charge in [-0.25, -0.2) is 0 Å². The van der Waals surface area contributed by atoms with Crippen LogP contribution in [0.4, 0.5) is 5.69 Å². The Morgan fingerprint density at radius 3 is 2.59 bits per heavy atom. The zero-order valence-electron chi connectivity index (χ0n) is 13.4. The summed E-state index contributed by atoms with van der Waals surface area (Å²) in [6, 6.07) is 8.24. The van der Waals surface area contributed by atoms with Crippen LogP contribution in [0.1, 0.15) is 29.9 Å². The molecule has 114 valence electrons. The molecule has 3 aromatic rings. The zero-order valence-corrected chi connectivity index (χ0v) is 13.4. The Balaban J connectivity index is 2.11. The third-order valence-electron chi connectivity index (χ3n) is 3.85. The van der Waals surface area contributed by atoms with Gasteiger partial charge in [0.15, 0.2) is 5.82 Å². The fourth-order valence-electron chi connectivity index (χ4n) is 2.91. The fraction of sp³-hybridized carbons (Fsp3) is 0.353. The molecule has 0 aliphatic rings. The van der Waals surface area contributed by atoms with Gasteiger partial charge in [0.05, 0.1) is 17.7 Å². The molecule has 5 heteroatoms. The molecular formula is C17H20N4O. The summed E-state index contributed by atoms with van der Waals surface area (Å²) in [7, 11) is 2.06. The number of hydrogen-bond donors (Lipinski definition) is 0. The van der Waals surface area contributed by atoms with Crippen LogP contribution in [0.25, 0.3) is 10.9 Å². The highest BCUT2D eigenvalue weighted by Gasteiger charge is 2.16. The summed E-state index contributed by atoms with van der Waals surface area (Å²) in [5.74, 6) is 1.29. The average molecular weight is 296 g/mol. The van der Waals surface area contributed by atoms with Gasteiger partial charge >= 0.3 is 0 Å². The average Bonchev–Trinajstić information content (AvgIpc) is 2.90. The number of pyridine rings is 1. The molecule has 0 saturated carbocycles. The van der Waals surface area contributed by atoms with Crippen molar-refractivity contribution in [3.8, 4) is 0 Å². The van der Waals surface area contributed by atoms with Crippen molar-refractivity contribution in [2.24, 2.45) is 0 Å². The van der Waals surface area contributed by atoms with Gasteiger partial charge < -0.3 is 9.42 Å². The third kappa shape index (κ3) is 2.54. The molecule has 0 bridgehead atoms. The molecule has 0 fully saturated rings. The number of hydrogen-bond acceptors (Lipinski definition) is 5. The van der Waals surface area contributed by atoms with Crippen molar-refractivity contribution in [2.75, 3.05) is 11.9 Å². The van der Waals surface area contributed by atoms with Crippen LogP contribution in [0.15, 0.2) is 28.8 Å². The van der Waals surface area contributed by atoms with Crippen LogP contribution in [0.5, 0.6) is 0 Å². The molecule has 0 amide bonds. The Morgan fingerprint density at radius 2 is 1.91 bits per heavy atom. The minimum atomic E-state index is 0.592. The number of benzene rings is 1. The quantitative estimate of drug-likeness (QED) is 0.738. The number of aryl methyl sites for hydroxylation is 2. The van der Waals surface area contributed by atoms with E-state index in [1.807, 2.05) is 6.07 Å². The second kappa shape index (κ2) is 5.75. The number of anilines is 1. The smallest absolute Gasteiger partial charge is 0.223 e. The lowest BCUT2D eigenvalue weighted by Gasteiger charge is -2.24. The first-order valence-electron chi connectivity index (χ1n) is 7.48. The Labute approximate surface area is 130 Å². The van der Waals surface area contributed by atoms with Gasteiger partial charge in [0.2, 0.25) is 5.89 Å². The maximum Gasteiger partial charge on any atom is 0.223 e. The zero-order chi connectivity index (χ0) is 15.7. The maximum absolute atomic E-state index is 5.07. The molecular weight excluding hydrogens is 276 g/mol. The van der Waals surface area contributed by atoms with Gasteiger partial charge in [-0.2, -0.15) is 4.98 Å². The molecule has 2 heterocycles. The lowest BCUT2D eigenvalue weighted by atomic mass is 10.0. The number of para-hydroxylation sites is 1. The Kier molecular flexibility index (Phi) is 3.79. The van der Waals surface area contributed by atoms with Crippen molar-refractivity contribution in [2.45, 2.75) is 33.7 Å². The largest absolute Gasteiger partial charge is 0.366 e. The first kappa shape index (κ1) is 14.5. The van der Waals surface area contributed by atoms with E-state index in [0.29, 0.717) is 18.3 Å². The van der Waals surface area contributed by atoms with Crippen LogP contribution in [0.3, 0.4) is 0 Å². The van der Waals surface area contributed by atoms with Crippen molar-refractivity contribution in [1.29, 1.82) is 0 Å². The lowest BCUT2D eigenvalue weighted by Crippen LogP contribution is -2.20. The second-order valence-electron chi connectivity index (χ2n) is 5.48. The molecule has 5 nitrogen and oxygen atoms in total. The molecule has 22 heavy (non-hydrogen) atoms. The fourth-order valence-corrected chi connectivity index (χ4v) is 2.91. The van der Waals surface area contributed by atoms with Crippen LogP contribution in [-0.4, -0.2) is 22.2 Å². The summed E-state index contributed by atoms with van der Waals surface area (Å²) in [6.45, 7) is 6.65. The van der Waals surface area contributed by atoms with Crippen LogP contribution in [0, 0.1) is 13.8 Å².